The van der Waals surface area contributed by atoms with Crippen LogP contribution in [-0.2, 0) is 0 Å². The van der Waals surface area contributed by atoms with Gasteiger partial charge in [0, 0.05) is 18.6 Å². The van der Waals surface area contributed by atoms with Crippen molar-refractivity contribution in [1.82, 2.24) is 15.0 Å². The highest BCUT2D eigenvalue weighted by atomic mass is 35.5. The highest BCUT2D eigenvalue weighted by molar-refractivity contribution is 6.30. The lowest BCUT2D eigenvalue weighted by Gasteiger charge is -2.04. The van der Waals surface area contributed by atoms with Gasteiger partial charge in [-0.3, -0.25) is 15.0 Å². The zero-order chi connectivity index (χ0) is 11.5. The predicted octanol–water partition coefficient (Wildman–Crippen LogP) is 2.58. The van der Waals surface area contributed by atoms with Gasteiger partial charge in [-0.1, -0.05) is 11.6 Å². The van der Waals surface area contributed by atoms with E-state index in [0.29, 0.717) is 27.8 Å². The van der Waals surface area contributed by atoms with Gasteiger partial charge in [-0.2, -0.15) is 0 Å². The highest BCUT2D eigenvalue weighted by Crippen LogP contribution is 2.19. The first-order chi connectivity index (χ1) is 7.68. The predicted molar refractivity (Wildman–Crippen MR) is 62.8 cm³/mol. The smallest absolute Gasteiger partial charge is 0.116 e. The summed E-state index contributed by atoms with van der Waals surface area (Å²) >= 11 is 5.76. The molecule has 0 atom stereocenters. The fourth-order valence-corrected chi connectivity index (χ4v) is 1.43. The minimum absolute atomic E-state index is 0.361. The molecule has 2 aromatic heterocycles. The quantitative estimate of drug-likeness (QED) is 0.810. The van der Waals surface area contributed by atoms with Crippen molar-refractivity contribution >= 4 is 17.3 Å². The van der Waals surface area contributed by atoms with Crippen molar-refractivity contribution < 1.29 is 0 Å². The zero-order valence-corrected chi connectivity index (χ0v) is 9.36. The second kappa shape index (κ2) is 4.37. The van der Waals surface area contributed by atoms with E-state index in [1.807, 2.05) is 0 Å². The molecule has 2 rings (SSSR count). The maximum atomic E-state index is 7.61. The lowest BCUT2D eigenvalue weighted by atomic mass is 10.1. The van der Waals surface area contributed by atoms with Crippen LogP contribution in [0.3, 0.4) is 0 Å². The van der Waals surface area contributed by atoms with Gasteiger partial charge in [0.1, 0.15) is 11.4 Å². The summed E-state index contributed by atoms with van der Waals surface area (Å²) in [6.07, 6.45) is 4.69. The normalized spacial score (nSPS) is 10.1. The molecule has 5 heteroatoms. The first kappa shape index (κ1) is 10.7. The third kappa shape index (κ3) is 2.06. The zero-order valence-electron chi connectivity index (χ0n) is 8.61. The number of rotatable bonds is 2. The van der Waals surface area contributed by atoms with E-state index < -0.39 is 0 Å². The molecule has 0 fully saturated rings. The Kier molecular flexibility index (Phi) is 2.92. The molecule has 0 unspecified atom stereocenters. The Morgan fingerprint density at radius 2 is 1.94 bits per heavy atom. The molecule has 4 nitrogen and oxygen atoms in total. The fourth-order valence-electron chi connectivity index (χ4n) is 1.32. The minimum atomic E-state index is 0.361. The van der Waals surface area contributed by atoms with Crippen LogP contribution in [0.25, 0.3) is 11.4 Å². The van der Waals surface area contributed by atoms with Gasteiger partial charge in [-0.05, 0) is 19.1 Å². The van der Waals surface area contributed by atoms with Crippen molar-refractivity contribution in [3.05, 3.63) is 41.4 Å². The molecule has 0 saturated heterocycles. The highest BCUT2D eigenvalue weighted by Gasteiger charge is 2.10. The van der Waals surface area contributed by atoms with E-state index >= 15 is 0 Å². The maximum Gasteiger partial charge on any atom is 0.116 e. The largest absolute Gasteiger partial charge is 0.303 e. The van der Waals surface area contributed by atoms with E-state index in [1.54, 1.807) is 37.6 Å². The molecule has 2 heterocycles. The monoisotopic (exact) mass is 232 g/mol. The minimum Gasteiger partial charge on any atom is -0.303 e. The first-order valence-corrected chi connectivity index (χ1v) is 5.05. The standard InChI is InChI=1S/C11H9ClN4/c1-7(13)10-11(15-5-4-14-10)9-3-2-8(12)6-16-9/h2-6,13H,1H3. The number of hydrogen-bond donors (Lipinski definition) is 1. The summed E-state index contributed by atoms with van der Waals surface area (Å²) in [5.41, 5.74) is 2.17. The van der Waals surface area contributed by atoms with Gasteiger partial charge >= 0.3 is 0 Å². The lowest BCUT2D eigenvalue weighted by molar-refractivity contribution is 1.15. The fraction of sp³-hybridized carbons (Fsp3) is 0.0909. The van der Waals surface area contributed by atoms with E-state index in [4.69, 9.17) is 17.0 Å². The summed E-state index contributed by atoms with van der Waals surface area (Å²) in [6, 6.07) is 3.50. The van der Waals surface area contributed by atoms with E-state index in [0.717, 1.165) is 0 Å². The van der Waals surface area contributed by atoms with Gasteiger partial charge in [0.05, 0.1) is 16.4 Å². The summed E-state index contributed by atoms with van der Waals surface area (Å²) < 4.78 is 0. The molecule has 0 bridgehead atoms. The molecule has 0 spiro atoms. The van der Waals surface area contributed by atoms with Crippen molar-refractivity contribution in [2.45, 2.75) is 6.92 Å². The van der Waals surface area contributed by atoms with Gasteiger partial charge in [0.15, 0.2) is 0 Å². The summed E-state index contributed by atoms with van der Waals surface area (Å²) in [7, 11) is 0. The molecule has 80 valence electrons. The van der Waals surface area contributed by atoms with Gasteiger partial charge in [0.25, 0.3) is 0 Å². The Bertz CT molecular complexity index is 522. The van der Waals surface area contributed by atoms with Crippen LogP contribution in [0.1, 0.15) is 12.6 Å². The van der Waals surface area contributed by atoms with Gasteiger partial charge in [-0.15, -0.1) is 0 Å². The number of hydrogen-bond acceptors (Lipinski definition) is 4. The van der Waals surface area contributed by atoms with E-state index in [9.17, 15) is 0 Å². The number of halogens is 1. The number of nitrogens with zero attached hydrogens (tertiary/aromatic N) is 3. The van der Waals surface area contributed by atoms with Crippen LogP contribution in [-0.4, -0.2) is 20.7 Å². The second-order valence-corrected chi connectivity index (χ2v) is 3.68. The second-order valence-electron chi connectivity index (χ2n) is 3.24. The summed E-state index contributed by atoms with van der Waals surface area (Å²) in [6.45, 7) is 1.67. The maximum absolute atomic E-state index is 7.61. The van der Waals surface area contributed by atoms with Crippen LogP contribution in [0.5, 0.6) is 0 Å². The topological polar surface area (TPSA) is 62.5 Å². The van der Waals surface area contributed by atoms with Crippen LogP contribution in [0, 0.1) is 5.41 Å². The van der Waals surface area contributed by atoms with Crippen molar-refractivity contribution in [2.24, 2.45) is 0 Å². The van der Waals surface area contributed by atoms with Crippen molar-refractivity contribution in [3.63, 3.8) is 0 Å². The Morgan fingerprint density at radius 1 is 1.19 bits per heavy atom. The van der Waals surface area contributed by atoms with Crippen LogP contribution in [0.2, 0.25) is 5.02 Å². The van der Waals surface area contributed by atoms with E-state index in [2.05, 4.69) is 15.0 Å². The Balaban J connectivity index is 2.55. The summed E-state index contributed by atoms with van der Waals surface area (Å²) in [5, 5.41) is 8.18. The summed E-state index contributed by atoms with van der Waals surface area (Å²) in [4.78, 5) is 12.5. The van der Waals surface area contributed by atoms with Crippen LogP contribution >= 0.6 is 11.6 Å². The van der Waals surface area contributed by atoms with Crippen molar-refractivity contribution in [2.75, 3.05) is 0 Å². The Labute approximate surface area is 97.9 Å². The van der Waals surface area contributed by atoms with Crippen LogP contribution < -0.4 is 0 Å². The number of pyridine rings is 1. The average Bonchev–Trinajstić information content (AvgIpc) is 2.30. The SMILES string of the molecule is CC(=N)c1nccnc1-c1ccc(Cl)cn1. The molecule has 0 aliphatic rings. The molecule has 2 aromatic rings. The van der Waals surface area contributed by atoms with E-state index in [-0.39, 0.29) is 0 Å². The van der Waals surface area contributed by atoms with Gasteiger partial charge in [0.2, 0.25) is 0 Å². The summed E-state index contributed by atoms with van der Waals surface area (Å²) in [5.74, 6) is 0. The Hall–Kier alpha value is -1.81. The molecule has 1 N–H and O–H groups in total. The molecule has 0 aliphatic carbocycles. The molecule has 16 heavy (non-hydrogen) atoms. The first-order valence-electron chi connectivity index (χ1n) is 4.67. The number of nitrogens with one attached hydrogen (secondary N) is 1. The molecular weight excluding hydrogens is 224 g/mol. The van der Waals surface area contributed by atoms with E-state index in [1.165, 1.54) is 0 Å². The van der Waals surface area contributed by atoms with Crippen LogP contribution in [0.4, 0.5) is 0 Å². The molecule has 0 aromatic carbocycles. The number of aromatic nitrogens is 3. The molecule has 0 saturated carbocycles. The van der Waals surface area contributed by atoms with Gasteiger partial charge in [-0.25, -0.2) is 0 Å². The molecular formula is C11H9ClN4. The van der Waals surface area contributed by atoms with Crippen molar-refractivity contribution in [1.29, 1.82) is 5.41 Å². The van der Waals surface area contributed by atoms with Crippen molar-refractivity contribution in [3.8, 4) is 11.4 Å². The third-order valence-electron chi connectivity index (χ3n) is 2.02. The third-order valence-corrected chi connectivity index (χ3v) is 2.25. The molecule has 0 amide bonds. The van der Waals surface area contributed by atoms with Gasteiger partial charge < -0.3 is 5.41 Å². The average molecular weight is 233 g/mol. The molecule has 0 aliphatic heterocycles. The van der Waals surface area contributed by atoms with Crippen LogP contribution in [0.15, 0.2) is 30.7 Å². The molecule has 0 radical (unpaired) electrons. The Morgan fingerprint density at radius 3 is 2.56 bits per heavy atom. The lowest BCUT2D eigenvalue weighted by Crippen LogP contribution is -2.02.